The summed E-state index contributed by atoms with van der Waals surface area (Å²) in [6.45, 7) is 2.01. The van der Waals surface area contributed by atoms with Gasteiger partial charge in [0.2, 0.25) is 0 Å². The van der Waals surface area contributed by atoms with Gasteiger partial charge in [0.25, 0.3) is 5.91 Å². The van der Waals surface area contributed by atoms with Crippen molar-refractivity contribution in [3.8, 4) is 0 Å². The Hall–Kier alpha value is -2.41. The van der Waals surface area contributed by atoms with Gasteiger partial charge in [-0.25, -0.2) is 9.78 Å². The zero-order valence-corrected chi connectivity index (χ0v) is 13.4. The Kier molecular flexibility index (Phi) is 5.11. The molecule has 0 unspecified atom stereocenters. The van der Waals surface area contributed by atoms with Gasteiger partial charge in [-0.15, -0.1) is 11.3 Å². The largest absolute Gasteiger partial charge is 0.461 e. The highest BCUT2D eigenvalue weighted by molar-refractivity contribution is 7.14. The van der Waals surface area contributed by atoms with Crippen LogP contribution in [0.5, 0.6) is 0 Å². The van der Waals surface area contributed by atoms with Crippen LogP contribution < -0.4 is 10.2 Å². The second kappa shape index (κ2) is 7.04. The summed E-state index contributed by atoms with van der Waals surface area (Å²) in [4.78, 5) is 29.6. The first-order valence-corrected chi connectivity index (χ1v) is 7.60. The SMILES string of the molecule is CCOC(=O)c1csc(NC(=O)c2ccc(N(C)C)cc2)n1. The number of thiazole rings is 1. The van der Waals surface area contributed by atoms with Gasteiger partial charge in [0.15, 0.2) is 10.8 Å². The summed E-state index contributed by atoms with van der Waals surface area (Å²) in [5, 5.41) is 4.60. The van der Waals surface area contributed by atoms with Crippen molar-refractivity contribution in [2.75, 3.05) is 30.9 Å². The van der Waals surface area contributed by atoms with Crippen molar-refractivity contribution in [3.63, 3.8) is 0 Å². The van der Waals surface area contributed by atoms with E-state index in [2.05, 4.69) is 10.3 Å². The molecule has 0 fully saturated rings. The minimum Gasteiger partial charge on any atom is -0.461 e. The molecule has 0 aliphatic heterocycles. The topological polar surface area (TPSA) is 71.5 Å². The monoisotopic (exact) mass is 319 g/mol. The molecule has 0 spiro atoms. The van der Waals surface area contributed by atoms with Crippen molar-refractivity contribution < 1.29 is 14.3 Å². The predicted octanol–water partition coefficient (Wildman–Crippen LogP) is 2.64. The molecule has 1 aromatic heterocycles. The van der Waals surface area contributed by atoms with Gasteiger partial charge in [-0.05, 0) is 31.2 Å². The second-order valence-corrected chi connectivity index (χ2v) is 5.51. The molecule has 2 rings (SSSR count). The molecule has 0 bridgehead atoms. The summed E-state index contributed by atoms with van der Waals surface area (Å²) in [6.07, 6.45) is 0. The number of ether oxygens (including phenoxy) is 1. The van der Waals surface area contributed by atoms with Crippen molar-refractivity contribution in [1.82, 2.24) is 4.98 Å². The number of benzene rings is 1. The van der Waals surface area contributed by atoms with Crippen LogP contribution in [0.4, 0.5) is 10.8 Å². The van der Waals surface area contributed by atoms with Crippen LogP contribution in [0.15, 0.2) is 29.6 Å². The number of aromatic nitrogens is 1. The fourth-order valence-corrected chi connectivity index (χ4v) is 2.39. The van der Waals surface area contributed by atoms with Crippen molar-refractivity contribution in [2.45, 2.75) is 6.92 Å². The third-order valence-electron chi connectivity index (χ3n) is 2.86. The highest BCUT2D eigenvalue weighted by Crippen LogP contribution is 2.18. The molecule has 2 aromatic rings. The van der Waals surface area contributed by atoms with Crippen LogP contribution in [0.25, 0.3) is 0 Å². The number of hydrogen-bond acceptors (Lipinski definition) is 6. The first-order valence-electron chi connectivity index (χ1n) is 6.72. The number of esters is 1. The van der Waals surface area contributed by atoms with Gasteiger partial charge in [0.05, 0.1) is 6.61 Å². The summed E-state index contributed by atoms with van der Waals surface area (Å²) in [7, 11) is 3.86. The number of amides is 1. The Balaban J connectivity index is 2.04. The number of hydrogen-bond donors (Lipinski definition) is 1. The average molecular weight is 319 g/mol. The van der Waals surface area contributed by atoms with E-state index in [4.69, 9.17) is 4.74 Å². The molecular weight excluding hydrogens is 302 g/mol. The van der Waals surface area contributed by atoms with Gasteiger partial charge >= 0.3 is 5.97 Å². The van der Waals surface area contributed by atoms with Gasteiger partial charge in [-0.1, -0.05) is 0 Å². The van der Waals surface area contributed by atoms with Gasteiger partial charge < -0.3 is 9.64 Å². The van der Waals surface area contributed by atoms with Gasteiger partial charge in [0, 0.05) is 30.7 Å². The molecule has 7 heteroatoms. The minimum absolute atomic E-state index is 0.199. The maximum Gasteiger partial charge on any atom is 0.357 e. The smallest absolute Gasteiger partial charge is 0.357 e. The molecule has 1 aromatic carbocycles. The zero-order valence-electron chi connectivity index (χ0n) is 12.6. The molecule has 0 radical (unpaired) electrons. The molecule has 0 saturated carbocycles. The van der Waals surface area contributed by atoms with E-state index in [-0.39, 0.29) is 18.2 Å². The van der Waals surface area contributed by atoms with E-state index < -0.39 is 5.97 Å². The number of rotatable bonds is 5. The molecule has 1 heterocycles. The molecular formula is C15H17N3O3S. The lowest BCUT2D eigenvalue weighted by Crippen LogP contribution is -2.13. The van der Waals surface area contributed by atoms with Gasteiger partial charge in [-0.3, -0.25) is 10.1 Å². The van der Waals surface area contributed by atoms with E-state index >= 15 is 0 Å². The number of nitrogens with zero attached hydrogens (tertiary/aromatic N) is 2. The third-order valence-corrected chi connectivity index (χ3v) is 3.61. The van der Waals surface area contributed by atoms with Crippen LogP contribution >= 0.6 is 11.3 Å². The molecule has 0 atom stereocenters. The first kappa shape index (κ1) is 16.0. The van der Waals surface area contributed by atoms with Crippen LogP contribution in [0.1, 0.15) is 27.8 Å². The number of anilines is 2. The molecule has 1 amide bonds. The maximum absolute atomic E-state index is 12.1. The number of carbonyl (C=O) groups is 2. The van der Waals surface area contributed by atoms with Crippen LogP contribution in [-0.2, 0) is 4.74 Å². The fourth-order valence-electron chi connectivity index (χ4n) is 1.71. The first-order chi connectivity index (χ1) is 10.5. The Labute approximate surface area is 132 Å². The Morgan fingerprint density at radius 2 is 1.95 bits per heavy atom. The molecule has 6 nitrogen and oxygen atoms in total. The Morgan fingerprint density at radius 1 is 1.27 bits per heavy atom. The lowest BCUT2D eigenvalue weighted by Gasteiger charge is -2.12. The zero-order chi connectivity index (χ0) is 16.1. The summed E-state index contributed by atoms with van der Waals surface area (Å²) < 4.78 is 4.85. The van der Waals surface area contributed by atoms with E-state index in [1.54, 1.807) is 24.4 Å². The van der Waals surface area contributed by atoms with Crippen molar-refractivity contribution in [3.05, 3.63) is 40.9 Å². The highest BCUT2D eigenvalue weighted by Gasteiger charge is 2.14. The normalized spacial score (nSPS) is 10.1. The number of carbonyl (C=O) groups excluding carboxylic acids is 2. The van der Waals surface area contributed by atoms with E-state index in [0.717, 1.165) is 5.69 Å². The van der Waals surface area contributed by atoms with Crippen LogP contribution in [0.3, 0.4) is 0 Å². The standard InChI is InChI=1S/C15H17N3O3S/c1-4-21-14(20)12-9-22-15(16-12)17-13(19)10-5-7-11(8-6-10)18(2)3/h5-9H,4H2,1-3H3,(H,16,17,19). The molecule has 1 N–H and O–H groups in total. The lowest BCUT2D eigenvalue weighted by atomic mass is 10.2. The summed E-state index contributed by atoms with van der Waals surface area (Å²) in [5.41, 5.74) is 1.74. The number of nitrogens with one attached hydrogen (secondary N) is 1. The van der Waals surface area contributed by atoms with E-state index in [0.29, 0.717) is 10.7 Å². The lowest BCUT2D eigenvalue weighted by molar-refractivity contribution is 0.0520. The van der Waals surface area contributed by atoms with Gasteiger partial charge in [0.1, 0.15) is 0 Å². The van der Waals surface area contributed by atoms with E-state index in [9.17, 15) is 9.59 Å². The van der Waals surface area contributed by atoms with Crippen LogP contribution in [0, 0.1) is 0 Å². The van der Waals surface area contributed by atoms with E-state index in [1.165, 1.54) is 11.3 Å². The quantitative estimate of drug-likeness (QED) is 0.858. The van der Waals surface area contributed by atoms with Crippen molar-refractivity contribution >= 4 is 34.0 Å². The Morgan fingerprint density at radius 3 is 2.55 bits per heavy atom. The average Bonchev–Trinajstić information content (AvgIpc) is 2.96. The van der Waals surface area contributed by atoms with Gasteiger partial charge in [-0.2, -0.15) is 0 Å². The van der Waals surface area contributed by atoms with Crippen molar-refractivity contribution in [2.24, 2.45) is 0 Å². The van der Waals surface area contributed by atoms with Crippen molar-refractivity contribution in [1.29, 1.82) is 0 Å². The molecule has 0 aliphatic carbocycles. The summed E-state index contributed by atoms with van der Waals surface area (Å²) in [5.74, 6) is -0.760. The molecule has 22 heavy (non-hydrogen) atoms. The summed E-state index contributed by atoms with van der Waals surface area (Å²) >= 11 is 1.18. The van der Waals surface area contributed by atoms with E-state index in [1.807, 2.05) is 31.1 Å². The predicted molar refractivity (Wildman–Crippen MR) is 86.8 cm³/mol. The molecule has 116 valence electrons. The van der Waals surface area contributed by atoms with Crippen LogP contribution in [-0.4, -0.2) is 37.6 Å². The Bertz CT molecular complexity index is 665. The minimum atomic E-state index is -0.491. The highest BCUT2D eigenvalue weighted by atomic mass is 32.1. The fraction of sp³-hybridized carbons (Fsp3) is 0.267. The van der Waals surface area contributed by atoms with Crippen LogP contribution in [0.2, 0.25) is 0 Å². The summed E-state index contributed by atoms with van der Waals surface area (Å²) in [6, 6.07) is 7.21. The third kappa shape index (κ3) is 3.82. The molecule has 0 aliphatic rings. The maximum atomic E-state index is 12.1. The molecule has 0 saturated heterocycles. The second-order valence-electron chi connectivity index (χ2n) is 4.65.